The third-order valence-corrected chi connectivity index (χ3v) is 6.01. The van der Waals surface area contributed by atoms with E-state index >= 15 is 0 Å². The normalized spacial score (nSPS) is 15.7. The Bertz CT molecular complexity index is 1010. The van der Waals surface area contributed by atoms with E-state index in [2.05, 4.69) is 20.1 Å². The number of sulfonamides is 1. The van der Waals surface area contributed by atoms with Gasteiger partial charge in [-0.1, -0.05) is 35.0 Å². The van der Waals surface area contributed by atoms with Crippen LogP contribution in [0.1, 0.15) is 22.9 Å². The third kappa shape index (κ3) is 3.35. The molecule has 0 radical (unpaired) electrons. The van der Waals surface area contributed by atoms with Gasteiger partial charge in [0.2, 0.25) is 27.6 Å². The first kappa shape index (κ1) is 16.8. The number of hydrogen-bond donors (Lipinski definition) is 0. The quantitative estimate of drug-likeness (QED) is 0.673. The van der Waals surface area contributed by atoms with Crippen molar-refractivity contribution >= 4 is 10.0 Å². The van der Waals surface area contributed by atoms with E-state index < -0.39 is 10.0 Å². The van der Waals surface area contributed by atoms with Crippen molar-refractivity contribution in [2.24, 2.45) is 0 Å². The lowest BCUT2D eigenvalue weighted by Crippen LogP contribution is -2.48. The molecule has 0 saturated carbocycles. The molecule has 9 heteroatoms. The van der Waals surface area contributed by atoms with Crippen LogP contribution in [0.5, 0.6) is 0 Å². The van der Waals surface area contributed by atoms with Crippen LogP contribution in [0, 0.1) is 6.92 Å². The van der Waals surface area contributed by atoms with E-state index in [1.807, 2.05) is 31.2 Å². The monoisotopic (exact) mass is 371 g/mol. The lowest BCUT2D eigenvalue weighted by molar-refractivity contribution is 0.216. The van der Waals surface area contributed by atoms with Crippen molar-refractivity contribution in [1.82, 2.24) is 24.4 Å². The average Bonchev–Trinajstić information content (AvgIpc) is 3.03. The van der Waals surface area contributed by atoms with Gasteiger partial charge in [-0.3, -0.25) is 0 Å². The molecule has 0 atom stereocenters. The Labute approximate surface area is 151 Å². The van der Waals surface area contributed by atoms with E-state index in [4.69, 9.17) is 4.52 Å². The Hall–Kier alpha value is -2.65. The molecule has 1 aromatic carbocycles. The molecule has 1 aliphatic rings. The summed E-state index contributed by atoms with van der Waals surface area (Å²) in [5.41, 5.74) is 1.83. The number of aromatic nitrogens is 4. The molecular formula is C17H17N5O3S. The van der Waals surface area contributed by atoms with E-state index in [0.29, 0.717) is 30.6 Å². The van der Waals surface area contributed by atoms with Gasteiger partial charge in [-0.05, 0) is 18.6 Å². The van der Waals surface area contributed by atoms with Crippen molar-refractivity contribution in [2.75, 3.05) is 13.1 Å². The summed E-state index contributed by atoms with van der Waals surface area (Å²) in [5, 5.41) is 3.87. The molecule has 1 aliphatic heterocycles. The van der Waals surface area contributed by atoms with Crippen molar-refractivity contribution in [1.29, 1.82) is 0 Å². The maximum Gasteiger partial charge on any atom is 0.240 e. The molecule has 0 spiro atoms. The Kier molecular flexibility index (Phi) is 4.25. The number of rotatable bonds is 5. The van der Waals surface area contributed by atoms with E-state index in [-0.39, 0.29) is 11.7 Å². The first-order chi connectivity index (χ1) is 12.5. The summed E-state index contributed by atoms with van der Waals surface area (Å²) in [6.07, 6.45) is 3.20. The molecule has 3 heterocycles. The van der Waals surface area contributed by atoms with E-state index in [1.165, 1.54) is 4.31 Å². The van der Waals surface area contributed by atoms with Crippen LogP contribution in [0.25, 0.3) is 11.6 Å². The second-order valence-electron chi connectivity index (χ2n) is 6.29. The van der Waals surface area contributed by atoms with Crippen LogP contribution in [0.4, 0.5) is 0 Å². The van der Waals surface area contributed by atoms with Gasteiger partial charge >= 0.3 is 0 Å². The Balaban J connectivity index is 1.41. The summed E-state index contributed by atoms with van der Waals surface area (Å²) >= 11 is 0. The highest BCUT2D eigenvalue weighted by Gasteiger charge is 2.39. The molecular weight excluding hydrogens is 354 g/mol. The topological polar surface area (TPSA) is 102 Å². The highest BCUT2D eigenvalue weighted by molar-refractivity contribution is 7.88. The number of nitrogens with zero attached hydrogens (tertiary/aromatic N) is 5. The van der Waals surface area contributed by atoms with Crippen LogP contribution in [-0.4, -0.2) is 45.9 Å². The fourth-order valence-corrected chi connectivity index (χ4v) is 4.43. The van der Waals surface area contributed by atoms with Gasteiger partial charge in [0.15, 0.2) is 0 Å². The predicted molar refractivity (Wildman–Crippen MR) is 93.4 cm³/mol. The number of hydrogen-bond acceptors (Lipinski definition) is 7. The highest BCUT2D eigenvalue weighted by atomic mass is 32.2. The smallest absolute Gasteiger partial charge is 0.240 e. The molecule has 1 fully saturated rings. The lowest BCUT2D eigenvalue weighted by Gasteiger charge is -2.35. The zero-order valence-electron chi connectivity index (χ0n) is 14.1. The van der Waals surface area contributed by atoms with Crippen LogP contribution in [0.2, 0.25) is 0 Å². The molecule has 0 unspecified atom stereocenters. The lowest BCUT2D eigenvalue weighted by atomic mass is 10.0. The molecule has 0 amide bonds. The minimum atomic E-state index is -3.36. The van der Waals surface area contributed by atoms with Crippen LogP contribution in [-0.2, 0) is 15.8 Å². The summed E-state index contributed by atoms with van der Waals surface area (Å²) in [6, 6.07) is 9.22. The average molecular weight is 371 g/mol. The molecule has 8 nitrogen and oxygen atoms in total. The fourth-order valence-electron chi connectivity index (χ4n) is 2.83. The van der Waals surface area contributed by atoms with Crippen LogP contribution in [0.3, 0.4) is 0 Å². The second-order valence-corrected chi connectivity index (χ2v) is 8.26. The summed E-state index contributed by atoms with van der Waals surface area (Å²) in [4.78, 5) is 12.4. The molecule has 0 N–H and O–H groups in total. The summed E-state index contributed by atoms with van der Waals surface area (Å²) in [5.74, 6) is 0.989. The second kappa shape index (κ2) is 6.58. The zero-order chi connectivity index (χ0) is 18.1. The number of benzene rings is 1. The highest BCUT2D eigenvalue weighted by Crippen LogP contribution is 2.30. The standard InChI is InChI=1S/C17H17N5O3S/c1-12-4-2-5-13(8-12)11-26(23,24)22-9-14(10-22)17-20-16(21-25-17)15-18-6-3-7-19-15/h2-8,14H,9-11H2,1H3. The Morgan fingerprint density at radius 2 is 1.92 bits per heavy atom. The van der Waals surface area contributed by atoms with Crippen molar-refractivity contribution in [3.63, 3.8) is 0 Å². The Morgan fingerprint density at radius 3 is 2.65 bits per heavy atom. The first-order valence-electron chi connectivity index (χ1n) is 8.15. The molecule has 26 heavy (non-hydrogen) atoms. The third-order valence-electron chi connectivity index (χ3n) is 4.23. The van der Waals surface area contributed by atoms with Gasteiger partial charge in [0.05, 0.1) is 11.7 Å². The molecule has 0 aliphatic carbocycles. The summed E-state index contributed by atoms with van der Waals surface area (Å²) < 4.78 is 31.8. The van der Waals surface area contributed by atoms with Crippen molar-refractivity contribution in [2.45, 2.75) is 18.6 Å². The molecule has 2 aromatic heterocycles. The SMILES string of the molecule is Cc1cccc(CS(=O)(=O)N2CC(c3nc(-c4ncccn4)no3)C2)c1. The van der Waals surface area contributed by atoms with Gasteiger partial charge in [-0.15, -0.1) is 0 Å². The maximum absolute atomic E-state index is 12.5. The summed E-state index contributed by atoms with van der Waals surface area (Å²) in [7, 11) is -3.36. The number of aryl methyl sites for hydroxylation is 1. The first-order valence-corrected chi connectivity index (χ1v) is 9.76. The van der Waals surface area contributed by atoms with Gasteiger partial charge in [-0.2, -0.15) is 9.29 Å². The summed E-state index contributed by atoms with van der Waals surface area (Å²) in [6.45, 7) is 2.62. The van der Waals surface area contributed by atoms with Gasteiger partial charge in [0.25, 0.3) is 0 Å². The zero-order valence-corrected chi connectivity index (χ0v) is 14.9. The minimum Gasteiger partial charge on any atom is -0.338 e. The van der Waals surface area contributed by atoms with Gasteiger partial charge in [-0.25, -0.2) is 18.4 Å². The van der Waals surface area contributed by atoms with E-state index in [1.54, 1.807) is 18.5 Å². The van der Waals surface area contributed by atoms with Crippen molar-refractivity contribution in [3.05, 3.63) is 59.7 Å². The van der Waals surface area contributed by atoms with Gasteiger partial charge in [0, 0.05) is 25.5 Å². The molecule has 134 valence electrons. The molecule has 3 aromatic rings. The molecule has 1 saturated heterocycles. The van der Waals surface area contributed by atoms with Crippen LogP contribution >= 0.6 is 0 Å². The van der Waals surface area contributed by atoms with E-state index in [0.717, 1.165) is 11.1 Å². The predicted octanol–water partition coefficient (Wildman–Crippen LogP) is 1.76. The largest absolute Gasteiger partial charge is 0.338 e. The van der Waals surface area contributed by atoms with Crippen LogP contribution in [0.15, 0.2) is 47.2 Å². The van der Waals surface area contributed by atoms with Crippen molar-refractivity contribution in [3.8, 4) is 11.6 Å². The van der Waals surface area contributed by atoms with E-state index in [9.17, 15) is 8.42 Å². The van der Waals surface area contributed by atoms with Gasteiger partial charge in [0.1, 0.15) is 0 Å². The molecule has 0 bridgehead atoms. The minimum absolute atomic E-state index is 0.00562. The Morgan fingerprint density at radius 1 is 1.15 bits per heavy atom. The fraction of sp³-hybridized carbons (Fsp3) is 0.294. The maximum atomic E-state index is 12.5. The van der Waals surface area contributed by atoms with Crippen molar-refractivity contribution < 1.29 is 12.9 Å². The van der Waals surface area contributed by atoms with Crippen LogP contribution < -0.4 is 0 Å². The molecule has 4 rings (SSSR count). The van der Waals surface area contributed by atoms with Gasteiger partial charge < -0.3 is 4.52 Å².